The van der Waals surface area contributed by atoms with Gasteiger partial charge in [0.05, 0.1) is 0 Å². The highest BCUT2D eigenvalue weighted by molar-refractivity contribution is 5.55. The molecule has 1 aliphatic rings. The molecule has 1 aromatic rings. The number of nitrogens with zero attached hydrogens (tertiary/aromatic N) is 2. The SMILES string of the molecule is CCCN1CCN(c2ccc(C)cc2CC(N)CC)CC1. The van der Waals surface area contributed by atoms with Gasteiger partial charge in [-0.1, -0.05) is 31.5 Å². The van der Waals surface area contributed by atoms with Crippen molar-refractivity contribution in [2.75, 3.05) is 37.6 Å². The zero-order chi connectivity index (χ0) is 15.2. The van der Waals surface area contributed by atoms with Crippen molar-refractivity contribution in [2.45, 2.75) is 46.1 Å². The second-order valence-corrected chi connectivity index (χ2v) is 6.33. The van der Waals surface area contributed by atoms with E-state index in [4.69, 9.17) is 5.73 Å². The second-order valence-electron chi connectivity index (χ2n) is 6.33. The van der Waals surface area contributed by atoms with E-state index in [1.165, 1.54) is 42.9 Å². The summed E-state index contributed by atoms with van der Waals surface area (Å²) in [4.78, 5) is 5.12. The monoisotopic (exact) mass is 289 g/mol. The topological polar surface area (TPSA) is 32.5 Å². The maximum Gasteiger partial charge on any atom is 0.0400 e. The number of piperazine rings is 1. The van der Waals surface area contributed by atoms with Crippen LogP contribution in [0.1, 0.15) is 37.8 Å². The Balaban J connectivity index is 2.09. The van der Waals surface area contributed by atoms with Crippen molar-refractivity contribution in [2.24, 2.45) is 5.73 Å². The summed E-state index contributed by atoms with van der Waals surface area (Å²) < 4.78 is 0. The smallest absolute Gasteiger partial charge is 0.0400 e. The van der Waals surface area contributed by atoms with Crippen LogP contribution in [0.5, 0.6) is 0 Å². The molecule has 1 aliphatic heterocycles. The fraction of sp³-hybridized carbons (Fsp3) is 0.667. The molecule has 0 amide bonds. The Morgan fingerprint density at radius 2 is 1.86 bits per heavy atom. The van der Waals surface area contributed by atoms with Crippen LogP contribution in [-0.2, 0) is 6.42 Å². The highest BCUT2D eigenvalue weighted by Crippen LogP contribution is 2.25. The van der Waals surface area contributed by atoms with Crippen molar-refractivity contribution in [1.29, 1.82) is 0 Å². The first-order valence-electron chi connectivity index (χ1n) is 8.46. The summed E-state index contributed by atoms with van der Waals surface area (Å²) in [6.07, 6.45) is 3.28. The number of benzene rings is 1. The van der Waals surface area contributed by atoms with Crippen LogP contribution in [-0.4, -0.2) is 43.7 Å². The number of rotatable bonds is 6. The van der Waals surface area contributed by atoms with E-state index in [-0.39, 0.29) is 6.04 Å². The Morgan fingerprint density at radius 1 is 1.14 bits per heavy atom. The van der Waals surface area contributed by atoms with Crippen molar-refractivity contribution in [3.63, 3.8) is 0 Å². The molecular formula is C18H31N3. The zero-order valence-electron chi connectivity index (χ0n) is 13.9. The maximum absolute atomic E-state index is 6.19. The Hall–Kier alpha value is -1.06. The molecule has 118 valence electrons. The van der Waals surface area contributed by atoms with E-state index in [9.17, 15) is 0 Å². The molecule has 0 spiro atoms. The minimum Gasteiger partial charge on any atom is -0.369 e. The van der Waals surface area contributed by atoms with Gasteiger partial charge >= 0.3 is 0 Å². The molecule has 2 N–H and O–H groups in total. The molecule has 0 bridgehead atoms. The number of hydrogen-bond donors (Lipinski definition) is 1. The summed E-state index contributed by atoms with van der Waals surface area (Å²) in [5.41, 5.74) is 10.4. The molecule has 3 heteroatoms. The van der Waals surface area contributed by atoms with Crippen molar-refractivity contribution in [3.05, 3.63) is 29.3 Å². The van der Waals surface area contributed by atoms with Gasteiger partial charge in [0.25, 0.3) is 0 Å². The lowest BCUT2D eigenvalue weighted by Gasteiger charge is -2.37. The van der Waals surface area contributed by atoms with E-state index in [2.05, 4.69) is 48.8 Å². The lowest BCUT2D eigenvalue weighted by Crippen LogP contribution is -2.47. The van der Waals surface area contributed by atoms with Crippen LogP contribution in [0.4, 0.5) is 5.69 Å². The molecule has 1 saturated heterocycles. The van der Waals surface area contributed by atoms with Gasteiger partial charge < -0.3 is 10.6 Å². The first-order valence-corrected chi connectivity index (χ1v) is 8.46. The summed E-state index contributed by atoms with van der Waals surface area (Å²) in [5.74, 6) is 0. The summed E-state index contributed by atoms with van der Waals surface area (Å²) in [6, 6.07) is 7.12. The Labute approximate surface area is 130 Å². The van der Waals surface area contributed by atoms with E-state index in [1.807, 2.05) is 0 Å². The molecule has 2 rings (SSSR count). The van der Waals surface area contributed by atoms with Gasteiger partial charge in [-0.15, -0.1) is 0 Å². The summed E-state index contributed by atoms with van der Waals surface area (Å²) in [5, 5.41) is 0. The van der Waals surface area contributed by atoms with Gasteiger partial charge in [0.1, 0.15) is 0 Å². The van der Waals surface area contributed by atoms with Crippen molar-refractivity contribution in [3.8, 4) is 0 Å². The third-order valence-corrected chi connectivity index (χ3v) is 4.49. The van der Waals surface area contributed by atoms with E-state index >= 15 is 0 Å². The largest absolute Gasteiger partial charge is 0.369 e. The van der Waals surface area contributed by atoms with E-state index < -0.39 is 0 Å². The van der Waals surface area contributed by atoms with Crippen LogP contribution in [0.25, 0.3) is 0 Å². The third-order valence-electron chi connectivity index (χ3n) is 4.49. The van der Waals surface area contributed by atoms with Gasteiger partial charge in [-0.2, -0.15) is 0 Å². The summed E-state index contributed by atoms with van der Waals surface area (Å²) >= 11 is 0. The minimum atomic E-state index is 0.270. The zero-order valence-corrected chi connectivity index (χ0v) is 13.9. The van der Waals surface area contributed by atoms with Gasteiger partial charge in [-0.3, -0.25) is 4.90 Å². The molecule has 1 heterocycles. The average Bonchev–Trinajstić information content (AvgIpc) is 2.49. The first-order chi connectivity index (χ1) is 10.1. The van der Waals surface area contributed by atoms with Gasteiger partial charge in [0.15, 0.2) is 0 Å². The van der Waals surface area contributed by atoms with Crippen LogP contribution in [0.3, 0.4) is 0 Å². The predicted octanol–water partition coefficient (Wildman–Crippen LogP) is 2.81. The van der Waals surface area contributed by atoms with Crippen LogP contribution in [0.15, 0.2) is 18.2 Å². The molecule has 1 unspecified atom stereocenters. The Morgan fingerprint density at radius 3 is 2.48 bits per heavy atom. The Kier molecular flexibility index (Phi) is 6.07. The lowest BCUT2D eigenvalue weighted by molar-refractivity contribution is 0.258. The first kappa shape index (κ1) is 16.3. The van der Waals surface area contributed by atoms with Crippen LogP contribution >= 0.6 is 0 Å². The maximum atomic E-state index is 6.19. The normalized spacial score (nSPS) is 18.0. The molecule has 1 atom stereocenters. The molecule has 0 aliphatic carbocycles. The number of hydrogen-bond acceptors (Lipinski definition) is 3. The molecule has 1 fully saturated rings. The van der Waals surface area contributed by atoms with Crippen molar-refractivity contribution in [1.82, 2.24) is 4.90 Å². The molecule has 0 saturated carbocycles. The summed E-state index contributed by atoms with van der Waals surface area (Å²) in [6.45, 7) is 12.5. The lowest BCUT2D eigenvalue weighted by atomic mass is 9.99. The van der Waals surface area contributed by atoms with E-state index in [0.717, 1.165) is 25.9 Å². The van der Waals surface area contributed by atoms with Crippen molar-refractivity contribution >= 4 is 5.69 Å². The molecule has 0 radical (unpaired) electrons. The number of anilines is 1. The third kappa shape index (κ3) is 4.45. The molecular weight excluding hydrogens is 258 g/mol. The predicted molar refractivity (Wildman–Crippen MR) is 92.1 cm³/mol. The standard InChI is InChI=1S/C18H31N3/c1-4-8-20-9-11-21(12-10-20)18-7-6-15(3)13-16(18)14-17(19)5-2/h6-7,13,17H,4-5,8-12,14,19H2,1-3H3. The number of nitrogens with two attached hydrogens (primary N) is 1. The fourth-order valence-electron chi connectivity index (χ4n) is 3.14. The average molecular weight is 289 g/mol. The van der Waals surface area contributed by atoms with E-state index in [1.54, 1.807) is 0 Å². The van der Waals surface area contributed by atoms with Crippen molar-refractivity contribution < 1.29 is 0 Å². The number of aryl methyl sites for hydroxylation is 1. The van der Waals surface area contributed by atoms with Gasteiger partial charge in [-0.25, -0.2) is 0 Å². The molecule has 1 aromatic carbocycles. The summed E-state index contributed by atoms with van der Waals surface area (Å²) in [7, 11) is 0. The Bertz CT molecular complexity index is 436. The quantitative estimate of drug-likeness (QED) is 0.874. The highest BCUT2D eigenvalue weighted by atomic mass is 15.3. The second kappa shape index (κ2) is 7.81. The van der Waals surface area contributed by atoms with Gasteiger partial charge in [0, 0.05) is 37.9 Å². The fourth-order valence-corrected chi connectivity index (χ4v) is 3.14. The highest BCUT2D eigenvalue weighted by Gasteiger charge is 2.19. The minimum absolute atomic E-state index is 0.270. The van der Waals surface area contributed by atoms with Gasteiger partial charge in [0.2, 0.25) is 0 Å². The van der Waals surface area contributed by atoms with Crippen LogP contribution in [0, 0.1) is 6.92 Å². The van der Waals surface area contributed by atoms with Gasteiger partial charge in [-0.05, 0) is 44.4 Å². The molecule has 21 heavy (non-hydrogen) atoms. The van der Waals surface area contributed by atoms with E-state index in [0.29, 0.717) is 0 Å². The molecule has 0 aromatic heterocycles. The molecule has 3 nitrogen and oxygen atoms in total. The van der Waals surface area contributed by atoms with Crippen LogP contribution < -0.4 is 10.6 Å². The van der Waals surface area contributed by atoms with Crippen LogP contribution in [0.2, 0.25) is 0 Å².